The van der Waals surface area contributed by atoms with E-state index in [-0.39, 0.29) is 27.6 Å². The van der Waals surface area contributed by atoms with Crippen LogP contribution in [-0.4, -0.2) is 67.7 Å². The molecule has 3 aliphatic heterocycles. The molecule has 0 aliphatic carbocycles. The summed E-state index contributed by atoms with van der Waals surface area (Å²) in [6.07, 6.45) is 2.54. The molecule has 3 aliphatic rings. The lowest BCUT2D eigenvalue weighted by molar-refractivity contribution is 0.0981. The van der Waals surface area contributed by atoms with Crippen LogP contribution < -0.4 is 19.8 Å². The van der Waals surface area contributed by atoms with Gasteiger partial charge in [0.25, 0.3) is 15.9 Å². The van der Waals surface area contributed by atoms with Crippen LogP contribution in [0.4, 0.5) is 17.5 Å². The quantitative estimate of drug-likeness (QED) is 0.411. The van der Waals surface area contributed by atoms with Gasteiger partial charge in [0.2, 0.25) is 0 Å². The molecule has 45 heavy (non-hydrogen) atoms. The van der Waals surface area contributed by atoms with Crippen molar-refractivity contribution < 1.29 is 17.9 Å². The molecule has 0 spiro atoms. The molecule has 0 radical (unpaired) electrons. The molecule has 0 unspecified atom stereocenters. The molecule has 2 fully saturated rings. The van der Waals surface area contributed by atoms with Gasteiger partial charge in [0.15, 0.2) is 5.03 Å². The van der Waals surface area contributed by atoms with Crippen LogP contribution in [0.25, 0.3) is 0 Å². The minimum atomic E-state index is -4.29. The summed E-state index contributed by atoms with van der Waals surface area (Å²) in [5, 5.41) is 3.24. The Hall–Kier alpha value is -3.77. The van der Waals surface area contributed by atoms with Crippen LogP contribution in [0, 0.1) is 5.92 Å². The number of aromatic nitrogens is 3. The van der Waals surface area contributed by atoms with Crippen molar-refractivity contribution in [3.8, 4) is 0 Å². The lowest BCUT2D eigenvalue weighted by Crippen LogP contribution is -2.41. The summed E-state index contributed by atoms with van der Waals surface area (Å²) in [4.78, 5) is 32.6. The highest BCUT2D eigenvalue weighted by atomic mass is 32.2. The van der Waals surface area contributed by atoms with Crippen LogP contribution in [0.3, 0.4) is 0 Å². The fraction of sp³-hybridized carbons (Fsp3) is 0.515. The topological polar surface area (TPSA) is 130 Å². The summed E-state index contributed by atoms with van der Waals surface area (Å²) in [7, 11) is -4.29. The maximum absolute atomic E-state index is 13.7. The number of amides is 1. The first kappa shape index (κ1) is 31.2. The Kier molecular flexibility index (Phi) is 8.23. The molecule has 240 valence electrons. The van der Waals surface area contributed by atoms with Crippen molar-refractivity contribution in [2.75, 3.05) is 48.0 Å². The molecule has 6 heterocycles. The molecule has 0 saturated carbocycles. The second-order valence-electron chi connectivity index (χ2n) is 13.9. The van der Waals surface area contributed by atoms with E-state index in [1.807, 2.05) is 24.3 Å². The first-order valence-electron chi connectivity index (χ1n) is 15.7. The number of nitrogens with zero attached hydrogens (tertiary/aromatic N) is 5. The van der Waals surface area contributed by atoms with Gasteiger partial charge in [-0.25, -0.2) is 19.7 Å². The highest BCUT2D eigenvalue weighted by molar-refractivity contribution is 7.90. The summed E-state index contributed by atoms with van der Waals surface area (Å²) in [6.45, 7) is 14.1. The van der Waals surface area contributed by atoms with Crippen molar-refractivity contribution in [3.63, 3.8) is 0 Å². The van der Waals surface area contributed by atoms with Gasteiger partial charge in [0.1, 0.15) is 17.5 Å². The average molecular weight is 634 g/mol. The number of fused-ring (bicyclic) bond motifs is 6. The van der Waals surface area contributed by atoms with Gasteiger partial charge in [0, 0.05) is 36.3 Å². The van der Waals surface area contributed by atoms with E-state index >= 15 is 0 Å². The molecule has 3 aromatic rings. The van der Waals surface area contributed by atoms with Crippen molar-refractivity contribution in [3.05, 3.63) is 65.5 Å². The molecule has 11 nitrogen and oxygen atoms in total. The van der Waals surface area contributed by atoms with Crippen LogP contribution in [0.2, 0.25) is 0 Å². The van der Waals surface area contributed by atoms with Crippen molar-refractivity contribution >= 4 is 33.4 Å². The first-order valence-corrected chi connectivity index (χ1v) is 17.2. The monoisotopic (exact) mass is 633 g/mol. The Balaban J connectivity index is 1.42. The summed E-state index contributed by atoms with van der Waals surface area (Å²) in [5.41, 5.74) is 1.36. The molecule has 0 aromatic carbocycles. The summed E-state index contributed by atoms with van der Waals surface area (Å²) in [5.74, 6) is 1.39. The second-order valence-corrected chi connectivity index (χ2v) is 15.5. The molecule has 2 N–H and O–H groups in total. The van der Waals surface area contributed by atoms with Gasteiger partial charge in [0.05, 0.1) is 30.5 Å². The lowest BCUT2D eigenvalue weighted by atomic mass is 9.90. The van der Waals surface area contributed by atoms with Gasteiger partial charge in [-0.15, -0.1) is 0 Å². The van der Waals surface area contributed by atoms with Gasteiger partial charge >= 0.3 is 0 Å². The Bertz CT molecular complexity index is 1680. The van der Waals surface area contributed by atoms with E-state index in [9.17, 15) is 13.2 Å². The van der Waals surface area contributed by atoms with Crippen molar-refractivity contribution in [1.82, 2.24) is 19.7 Å². The molecule has 4 bridgehead atoms. The number of rotatable bonds is 2. The molecule has 1 amide bonds. The number of hydrogen-bond acceptors (Lipinski definition) is 10. The van der Waals surface area contributed by atoms with E-state index in [0.29, 0.717) is 37.3 Å². The van der Waals surface area contributed by atoms with Crippen LogP contribution in [-0.2, 0) is 20.2 Å². The maximum Gasteiger partial charge on any atom is 0.281 e. The van der Waals surface area contributed by atoms with E-state index in [1.54, 1.807) is 18.2 Å². The summed E-state index contributed by atoms with van der Waals surface area (Å²) >= 11 is 0. The van der Waals surface area contributed by atoms with E-state index in [0.717, 1.165) is 49.6 Å². The fourth-order valence-electron chi connectivity index (χ4n) is 6.55. The van der Waals surface area contributed by atoms with Crippen LogP contribution >= 0.6 is 0 Å². The van der Waals surface area contributed by atoms with Gasteiger partial charge in [-0.1, -0.05) is 32.9 Å². The standard InChI is InChI=1S/C33H43N7O4S/c1-32(2,3)26-15-13-23-30(36-26)40-21-22(20-33(40,4)5)12-14-25(24-8-6-10-28(35-24)39-16-18-44-19-17-39)34-27-9-7-11-29(37-27)45(42,43)38-31(23)41/h6-11,13,15,22,25H,12,14,16-21H2,1-5H3,(H,34,37)(H,38,41)/t22-,25-/m0/s1. The number of carbonyl (C=O) groups excluding carboxylic acids is 1. The Morgan fingerprint density at radius 3 is 2.47 bits per heavy atom. The molecular weight excluding hydrogens is 590 g/mol. The lowest BCUT2D eigenvalue weighted by Gasteiger charge is -2.34. The Labute approximate surface area is 265 Å². The van der Waals surface area contributed by atoms with Gasteiger partial charge in [-0.2, -0.15) is 8.42 Å². The van der Waals surface area contributed by atoms with E-state index < -0.39 is 15.9 Å². The number of anilines is 3. The first-order chi connectivity index (χ1) is 21.3. The third-order valence-corrected chi connectivity index (χ3v) is 10.2. The predicted molar refractivity (Wildman–Crippen MR) is 174 cm³/mol. The Morgan fingerprint density at radius 2 is 1.71 bits per heavy atom. The number of nitrogens with one attached hydrogen (secondary N) is 2. The third kappa shape index (κ3) is 6.62. The number of hydrogen-bond donors (Lipinski definition) is 2. The predicted octanol–water partition coefficient (Wildman–Crippen LogP) is 4.68. The zero-order chi connectivity index (χ0) is 32.0. The zero-order valence-corrected chi connectivity index (χ0v) is 27.5. The number of ether oxygens (including phenoxy) is 1. The van der Waals surface area contributed by atoms with E-state index in [1.165, 1.54) is 6.07 Å². The molecule has 12 heteroatoms. The minimum Gasteiger partial charge on any atom is -0.378 e. The number of sulfonamides is 1. The van der Waals surface area contributed by atoms with Crippen molar-refractivity contribution in [2.24, 2.45) is 5.92 Å². The van der Waals surface area contributed by atoms with Gasteiger partial charge in [-0.3, -0.25) is 4.79 Å². The summed E-state index contributed by atoms with van der Waals surface area (Å²) < 4.78 is 34.9. The van der Waals surface area contributed by atoms with E-state index in [2.05, 4.69) is 59.4 Å². The average Bonchev–Trinajstić information content (AvgIpc) is 3.32. The molecule has 3 aromatic heterocycles. The molecule has 2 saturated heterocycles. The molecule has 6 rings (SSSR count). The molecule has 2 atom stereocenters. The highest BCUT2D eigenvalue weighted by Crippen LogP contribution is 2.41. The minimum absolute atomic E-state index is 0.216. The largest absolute Gasteiger partial charge is 0.378 e. The fourth-order valence-corrected chi connectivity index (χ4v) is 7.49. The zero-order valence-electron chi connectivity index (χ0n) is 26.7. The second kappa shape index (κ2) is 11.9. The smallest absolute Gasteiger partial charge is 0.281 e. The highest BCUT2D eigenvalue weighted by Gasteiger charge is 2.41. The third-order valence-electron chi connectivity index (χ3n) is 8.96. The normalized spacial score (nSPS) is 23.3. The number of carbonyl (C=O) groups is 1. The SMILES string of the molecule is CC(C)(C)c1ccc2c(n1)N1C[C@@H](CC[C@@H](c3cccc(N4CCOCC4)n3)Nc3cccc(n3)S(=O)(=O)NC2=O)CC1(C)C. The van der Waals surface area contributed by atoms with Crippen molar-refractivity contribution in [1.29, 1.82) is 0 Å². The van der Waals surface area contributed by atoms with Crippen LogP contribution in [0.15, 0.2) is 53.6 Å². The van der Waals surface area contributed by atoms with Gasteiger partial charge in [-0.05, 0) is 75.4 Å². The van der Waals surface area contributed by atoms with E-state index in [4.69, 9.17) is 14.7 Å². The summed E-state index contributed by atoms with van der Waals surface area (Å²) in [6, 6.07) is 14.1. The van der Waals surface area contributed by atoms with Crippen LogP contribution in [0.1, 0.15) is 81.7 Å². The van der Waals surface area contributed by atoms with Crippen LogP contribution in [0.5, 0.6) is 0 Å². The Morgan fingerprint density at radius 1 is 0.956 bits per heavy atom. The van der Waals surface area contributed by atoms with Crippen molar-refractivity contribution in [2.45, 2.75) is 75.9 Å². The number of pyridine rings is 3. The van der Waals surface area contributed by atoms with Gasteiger partial charge < -0.3 is 19.9 Å². The number of morpholine rings is 1. The maximum atomic E-state index is 13.7. The molecular formula is C33H43N7O4S.